The largest absolute Gasteiger partial charge is 0.276 e. The molecule has 2 rings (SSSR count). The number of rotatable bonds is 0. The molecule has 0 aliphatic heterocycles. The fraction of sp³-hybridized carbons (Fsp3) is 0. The molecule has 2 aromatic heterocycles. The zero-order chi connectivity index (χ0) is 7.84. The summed E-state index contributed by atoms with van der Waals surface area (Å²) in [5.41, 5.74) is 0.846. The number of H-pyrrole nitrogens is 1. The lowest BCUT2D eigenvalue weighted by atomic mass is 10.3. The molecule has 2 aromatic rings. The van der Waals surface area contributed by atoms with Crippen LogP contribution in [0.15, 0.2) is 17.0 Å². The number of aromatic nitrogens is 3. The summed E-state index contributed by atoms with van der Waals surface area (Å²) in [5.74, 6) is 0. The van der Waals surface area contributed by atoms with Gasteiger partial charge >= 0.3 is 0 Å². The summed E-state index contributed by atoms with van der Waals surface area (Å²) in [7, 11) is 0. The van der Waals surface area contributed by atoms with Crippen molar-refractivity contribution in [2.24, 2.45) is 0 Å². The van der Waals surface area contributed by atoms with E-state index in [0.29, 0.717) is 9.63 Å². The van der Waals surface area contributed by atoms with Crippen molar-refractivity contribution < 1.29 is 0 Å². The van der Waals surface area contributed by atoms with Crippen molar-refractivity contribution in [1.82, 2.24) is 15.2 Å². The molecule has 0 aliphatic carbocycles. The van der Waals surface area contributed by atoms with Gasteiger partial charge in [-0.25, -0.2) is 4.98 Å². The molecule has 0 spiro atoms. The van der Waals surface area contributed by atoms with E-state index in [1.165, 1.54) is 0 Å². The summed E-state index contributed by atoms with van der Waals surface area (Å²) in [6.45, 7) is 0. The standard InChI is InChI=1S/C6H3BrClN3/c7-6-5(8)3-1-10-11-4(3)2-9-6/h1-2H,(H,10,11). The van der Waals surface area contributed by atoms with Crippen molar-refractivity contribution >= 4 is 38.4 Å². The number of pyridine rings is 1. The Bertz CT molecular complexity index is 398. The highest BCUT2D eigenvalue weighted by Crippen LogP contribution is 2.27. The second-order valence-corrected chi connectivity index (χ2v) is 3.19. The van der Waals surface area contributed by atoms with Crippen molar-refractivity contribution in [3.8, 4) is 0 Å². The summed E-state index contributed by atoms with van der Waals surface area (Å²) < 4.78 is 0.646. The molecule has 0 atom stereocenters. The third kappa shape index (κ3) is 1.02. The van der Waals surface area contributed by atoms with Crippen molar-refractivity contribution in [3.05, 3.63) is 22.0 Å². The molecule has 56 valence electrons. The van der Waals surface area contributed by atoms with E-state index in [1.807, 2.05) is 0 Å². The minimum absolute atomic E-state index is 0.594. The third-order valence-corrected chi connectivity index (χ3v) is 2.61. The lowest BCUT2D eigenvalue weighted by Gasteiger charge is -1.93. The quantitative estimate of drug-likeness (QED) is 0.709. The summed E-state index contributed by atoms with van der Waals surface area (Å²) in [4.78, 5) is 3.99. The molecule has 11 heavy (non-hydrogen) atoms. The Morgan fingerprint density at radius 2 is 2.27 bits per heavy atom. The molecule has 0 unspecified atom stereocenters. The van der Waals surface area contributed by atoms with E-state index in [4.69, 9.17) is 11.6 Å². The van der Waals surface area contributed by atoms with Crippen LogP contribution in [0.25, 0.3) is 10.9 Å². The summed E-state index contributed by atoms with van der Waals surface area (Å²) >= 11 is 9.11. The van der Waals surface area contributed by atoms with Gasteiger partial charge in [0.25, 0.3) is 0 Å². The number of hydrogen-bond donors (Lipinski definition) is 1. The first-order valence-electron chi connectivity index (χ1n) is 2.92. The SMILES string of the molecule is Clc1c(Br)ncc2[nH]ncc12. The Labute approximate surface area is 75.9 Å². The first-order valence-corrected chi connectivity index (χ1v) is 4.09. The van der Waals surface area contributed by atoms with Crippen LogP contribution in [0.4, 0.5) is 0 Å². The van der Waals surface area contributed by atoms with E-state index >= 15 is 0 Å². The van der Waals surface area contributed by atoms with E-state index in [2.05, 4.69) is 31.1 Å². The summed E-state index contributed by atoms with van der Waals surface area (Å²) in [6.07, 6.45) is 3.35. The van der Waals surface area contributed by atoms with Crippen molar-refractivity contribution in [2.75, 3.05) is 0 Å². The van der Waals surface area contributed by atoms with Gasteiger partial charge in [-0.3, -0.25) is 5.10 Å². The number of halogens is 2. The van der Waals surface area contributed by atoms with Gasteiger partial charge in [0, 0.05) is 5.39 Å². The third-order valence-electron chi connectivity index (χ3n) is 1.39. The number of nitrogens with one attached hydrogen (secondary N) is 1. The molecule has 0 aliphatic rings. The zero-order valence-electron chi connectivity index (χ0n) is 5.31. The Kier molecular flexibility index (Phi) is 1.58. The lowest BCUT2D eigenvalue weighted by molar-refractivity contribution is 1.11. The van der Waals surface area contributed by atoms with Gasteiger partial charge in [-0.15, -0.1) is 0 Å². The molecule has 0 aromatic carbocycles. The smallest absolute Gasteiger partial charge is 0.125 e. The fourth-order valence-corrected chi connectivity index (χ4v) is 1.37. The molecule has 0 saturated heterocycles. The Hall–Kier alpha value is -0.610. The van der Waals surface area contributed by atoms with Crippen LogP contribution in [-0.4, -0.2) is 15.2 Å². The van der Waals surface area contributed by atoms with E-state index in [9.17, 15) is 0 Å². The molecule has 5 heteroatoms. The van der Waals surface area contributed by atoms with Crippen molar-refractivity contribution in [3.63, 3.8) is 0 Å². The minimum Gasteiger partial charge on any atom is -0.276 e. The van der Waals surface area contributed by atoms with Crippen LogP contribution >= 0.6 is 27.5 Å². The summed E-state index contributed by atoms with van der Waals surface area (Å²) in [5, 5.41) is 8.08. The van der Waals surface area contributed by atoms with Crippen molar-refractivity contribution in [1.29, 1.82) is 0 Å². The maximum atomic E-state index is 5.90. The molecule has 2 heterocycles. The monoisotopic (exact) mass is 231 g/mol. The first kappa shape index (κ1) is 7.06. The van der Waals surface area contributed by atoms with Gasteiger partial charge in [0.2, 0.25) is 0 Å². The predicted octanol–water partition coefficient (Wildman–Crippen LogP) is 2.37. The van der Waals surface area contributed by atoms with Crippen LogP contribution in [0.5, 0.6) is 0 Å². The van der Waals surface area contributed by atoms with Crippen LogP contribution in [0, 0.1) is 0 Å². The van der Waals surface area contributed by atoms with E-state index in [0.717, 1.165) is 10.9 Å². The van der Waals surface area contributed by atoms with Crippen molar-refractivity contribution in [2.45, 2.75) is 0 Å². The molecule has 0 bridgehead atoms. The normalized spacial score (nSPS) is 10.7. The molecule has 0 amide bonds. The topological polar surface area (TPSA) is 41.6 Å². The average molecular weight is 232 g/mol. The van der Waals surface area contributed by atoms with Gasteiger partial charge in [0.15, 0.2) is 0 Å². The van der Waals surface area contributed by atoms with Gasteiger partial charge in [-0.1, -0.05) is 11.6 Å². The van der Waals surface area contributed by atoms with E-state index in [-0.39, 0.29) is 0 Å². The Morgan fingerprint density at radius 3 is 3.09 bits per heavy atom. The lowest BCUT2D eigenvalue weighted by Crippen LogP contribution is -1.77. The molecule has 0 fully saturated rings. The van der Waals surface area contributed by atoms with E-state index < -0.39 is 0 Å². The minimum atomic E-state index is 0.594. The van der Waals surface area contributed by atoms with Gasteiger partial charge in [0.1, 0.15) is 4.60 Å². The van der Waals surface area contributed by atoms with Gasteiger partial charge in [0.05, 0.1) is 22.9 Å². The van der Waals surface area contributed by atoms with Crippen LogP contribution < -0.4 is 0 Å². The number of aromatic amines is 1. The van der Waals surface area contributed by atoms with Crippen LogP contribution in [-0.2, 0) is 0 Å². The van der Waals surface area contributed by atoms with Gasteiger partial charge in [-0.2, -0.15) is 5.10 Å². The first-order chi connectivity index (χ1) is 5.29. The molecular weight excluding hydrogens is 229 g/mol. The average Bonchev–Trinajstić information content (AvgIpc) is 2.45. The molecule has 0 radical (unpaired) electrons. The number of nitrogens with zero attached hydrogens (tertiary/aromatic N) is 2. The van der Waals surface area contributed by atoms with Gasteiger partial charge < -0.3 is 0 Å². The van der Waals surface area contributed by atoms with Crippen LogP contribution in [0.2, 0.25) is 5.02 Å². The molecule has 3 nitrogen and oxygen atoms in total. The highest BCUT2D eigenvalue weighted by molar-refractivity contribution is 9.10. The zero-order valence-corrected chi connectivity index (χ0v) is 7.65. The maximum Gasteiger partial charge on any atom is 0.125 e. The van der Waals surface area contributed by atoms with E-state index in [1.54, 1.807) is 12.4 Å². The summed E-state index contributed by atoms with van der Waals surface area (Å²) in [6, 6.07) is 0. The molecule has 1 N–H and O–H groups in total. The number of hydrogen-bond acceptors (Lipinski definition) is 2. The van der Waals surface area contributed by atoms with Gasteiger partial charge in [-0.05, 0) is 15.9 Å². The number of fused-ring (bicyclic) bond motifs is 1. The molecule has 0 saturated carbocycles. The molecular formula is C6H3BrClN3. The second-order valence-electron chi connectivity index (χ2n) is 2.06. The maximum absolute atomic E-state index is 5.90. The highest BCUT2D eigenvalue weighted by atomic mass is 79.9. The fourth-order valence-electron chi connectivity index (χ4n) is 0.858. The Morgan fingerprint density at radius 1 is 1.45 bits per heavy atom. The van der Waals surface area contributed by atoms with Crippen LogP contribution in [0.3, 0.4) is 0 Å². The van der Waals surface area contributed by atoms with Crippen LogP contribution in [0.1, 0.15) is 0 Å². The predicted molar refractivity (Wildman–Crippen MR) is 46.6 cm³/mol. The Balaban J connectivity index is 2.93. The second kappa shape index (κ2) is 2.46. The highest BCUT2D eigenvalue weighted by Gasteiger charge is 2.04.